The van der Waals surface area contributed by atoms with Gasteiger partial charge in [-0.3, -0.25) is 0 Å². The third-order valence-electron chi connectivity index (χ3n) is 10.7. The first kappa shape index (κ1) is 30.3. The molecule has 0 atom stereocenters. The van der Waals surface area contributed by atoms with E-state index in [0.717, 1.165) is 56.0 Å². The molecule has 0 spiro atoms. The number of benzene rings is 8. The SMILES string of the molecule is c1ccc(-c2nc3cccc(-c4cccc(-n5c6ccccc6c6c7c8ccccc8n(-c8ccccc8)c7ccc65)c4)c3nc2-c2ccccc2)cc1. The van der Waals surface area contributed by atoms with Gasteiger partial charge < -0.3 is 9.13 Å². The summed E-state index contributed by atoms with van der Waals surface area (Å²) in [4.78, 5) is 10.7. The van der Waals surface area contributed by atoms with E-state index in [4.69, 9.17) is 9.97 Å². The molecule has 0 saturated carbocycles. The van der Waals surface area contributed by atoms with Crippen molar-refractivity contribution in [2.75, 3.05) is 0 Å². The maximum absolute atomic E-state index is 5.41. The van der Waals surface area contributed by atoms with E-state index in [-0.39, 0.29) is 0 Å². The van der Waals surface area contributed by atoms with Crippen LogP contribution in [-0.4, -0.2) is 19.1 Å². The summed E-state index contributed by atoms with van der Waals surface area (Å²) in [6.07, 6.45) is 0. The van der Waals surface area contributed by atoms with Crippen molar-refractivity contribution in [2.24, 2.45) is 0 Å². The van der Waals surface area contributed by atoms with Crippen LogP contribution in [0.1, 0.15) is 0 Å². The van der Waals surface area contributed by atoms with Crippen molar-refractivity contribution in [3.05, 3.63) is 194 Å². The monoisotopic (exact) mass is 688 g/mol. The van der Waals surface area contributed by atoms with Crippen molar-refractivity contribution in [1.82, 2.24) is 19.1 Å². The van der Waals surface area contributed by atoms with Crippen molar-refractivity contribution in [3.63, 3.8) is 0 Å². The minimum absolute atomic E-state index is 0.866. The number of para-hydroxylation sites is 4. The largest absolute Gasteiger partial charge is 0.309 e. The standard InChI is InChI=1S/C50H32N4/c1-4-16-33(17-5-1)48-49(34-18-6-2-7-19-34)52-50-38(26-15-27-41(50)51-48)35-20-14-23-37(32-35)54-43-29-13-11-25-40(43)47-45(54)31-30-44-46(47)39-24-10-12-28-42(39)53(44)36-21-8-3-9-22-36/h1-32H. The molecule has 0 bridgehead atoms. The second-order valence-electron chi connectivity index (χ2n) is 13.8. The molecule has 0 unspecified atom stereocenters. The zero-order valence-corrected chi connectivity index (χ0v) is 29.3. The summed E-state index contributed by atoms with van der Waals surface area (Å²) in [7, 11) is 0. The average molecular weight is 689 g/mol. The predicted molar refractivity (Wildman–Crippen MR) is 225 cm³/mol. The quantitative estimate of drug-likeness (QED) is 0.180. The molecule has 0 aliphatic heterocycles. The van der Waals surface area contributed by atoms with E-state index >= 15 is 0 Å². The fourth-order valence-electron chi connectivity index (χ4n) is 8.37. The summed E-state index contributed by atoms with van der Waals surface area (Å²) in [5.41, 5.74) is 14.7. The van der Waals surface area contributed by atoms with Gasteiger partial charge in [0.1, 0.15) is 0 Å². The van der Waals surface area contributed by atoms with E-state index in [2.05, 4.69) is 191 Å². The summed E-state index contributed by atoms with van der Waals surface area (Å²) >= 11 is 0. The van der Waals surface area contributed by atoms with Crippen LogP contribution in [0.25, 0.3) is 99.7 Å². The Kier molecular flexibility index (Phi) is 6.82. The zero-order valence-electron chi connectivity index (χ0n) is 29.3. The highest BCUT2D eigenvalue weighted by atomic mass is 15.0. The second kappa shape index (κ2) is 12.1. The maximum Gasteiger partial charge on any atom is 0.0973 e. The van der Waals surface area contributed by atoms with Gasteiger partial charge in [-0.1, -0.05) is 140 Å². The number of nitrogens with zero attached hydrogens (tertiary/aromatic N) is 4. The molecule has 11 rings (SSSR count). The van der Waals surface area contributed by atoms with Crippen LogP contribution in [0.3, 0.4) is 0 Å². The van der Waals surface area contributed by atoms with Crippen LogP contribution in [0.15, 0.2) is 194 Å². The Morgan fingerprint density at radius 1 is 0.333 bits per heavy atom. The van der Waals surface area contributed by atoms with Crippen molar-refractivity contribution in [1.29, 1.82) is 0 Å². The minimum Gasteiger partial charge on any atom is -0.309 e. The average Bonchev–Trinajstić information content (AvgIpc) is 3.77. The van der Waals surface area contributed by atoms with Crippen molar-refractivity contribution < 1.29 is 0 Å². The highest BCUT2D eigenvalue weighted by Gasteiger charge is 2.21. The van der Waals surface area contributed by atoms with Crippen molar-refractivity contribution in [2.45, 2.75) is 0 Å². The molecular formula is C50H32N4. The number of aromatic nitrogens is 4. The smallest absolute Gasteiger partial charge is 0.0973 e. The van der Waals surface area contributed by atoms with Gasteiger partial charge in [-0.25, -0.2) is 9.97 Å². The van der Waals surface area contributed by atoms with Gasteiger partial charge in [-0.05, 0) is 60.2 Å². The fraction of sp³-hybridized carbons (Fsp3) is 0. The molecule has 0 aliphatic rings. The summed E-state index contributed by atoms with van der Waals surface area (Å²) in [6, 6.07) is 68.8. The van der Waals surface area contributed by atoms with Gasteiger partial charge in [0.25, 0.3) is 0 Å². The lowest BCUT2D eigenvalue weighted by atomic mass is 10.0. The van der Waals surface area contributed by atoms with Gasteiger partial charge in [0.05, 0.1) is 44.5 Å². The van der Waals surface area contributed by atoms with E-state index in [1.165, 1.54) is 43.6 Å². The van der Waals surface area contributed by atoms with Gasteiger partial charge in [0.15, 0.2) is 0 Å². The molecule has 0 amide bonds. The number of hydrogen-bond acceptors (Lipinski definition) is 2. The molecule has 54 heavy (non-hydrogen) atoms. The molecule has 4 nitrogen and oxygen atoms in total. The van der Waals surface area contributed by atoms with Crippen LogP contribution < -0.4 is 0 Å². The Hall–Kier alpha value is -7.30. The van der Waals surface area contributed by atoms with E-state index < -0.39 is 0 Å². The minimum atomic E-state index is 0.866. The molecule has 0 N–H and O–H groups in total. The van der Waals surface area contributed by atoms with Crippen LogP contribution in [0, 0.1) is 0 Å². The summed E-state index contributed by atoms with van der Waals surface area (Å²) in [6.45, 7) is 0. The highest BCUT2D eigenvalue weighted by molar-refractivity contribution is 6.28. The van der Waals surface area contributed by atoms with Crippen LogP contribution in [-0.2, 0) is 0 Å². The summed E-state index contributed by atoms with van der Waals surface area (Å²) in [5, 5.41) is 5.01. The van der Waals surface area contributed by atoms with E-state index in [9.17, 15) is 0 Å². The summed E-state index contributed by atoms with van der Waals surface area (Å²) < 4.78 is 4.81. The van der Waals surface area contributed by atoms with Crippen LogP contribution >= 0.6 is 0 Å². The third-order valence-corrected chi connectivity index (χ3v) is 10.7. The molecule has 0 radical (unpaired) electrons. The third kappa shape index (κ3) is 4.64. The topological polar surface area (TPSA) is 35.6 Å². The van der Waals surface area contributed by atoms with Crippen molar-refractivity contribution >= 4 is 54.6 Å². The first-order valence-corrected chi connectivity index (χ1v) is 18.3. The molecule has 8 aromatic carbocycles. The van der Waals surface area contributed by atoms with E-state index in [0.29, 0.717) is 0 Å². The van der Waals surface area contributed by atoms with Crippen LogP contribution in [0.2, 0.25) is 0 Å². The number of rotatable bonds is 5. The fourth-order valence-corrected chi connectivity index (χ4v) is 8.37. The lowest BCUT2D eigenvalue weighted by Crippen LogP contribution is -1.98. The molecule has 11 aromatic rings. The molecule has 252 valence electrons. The first-order chi connectivity index (χ1) is 26.8. The molecule has 3 heterocycles. The Morgan fingerprint density at radius 3 is 1.44 bits per heavy atom. The van der Waals surface area contributed by atoms with Gasteiger partial charge in [-0.2, -0.15) is 0 Å². The van der Waals surface area contributed by atoms with Crippen LogP contribution in [0.4, 0.5) is 0 Å². The number of fused-ring (bicyclic) bond motifs is 8. The highest BCUT2D eigenvalue weighted by Crippen LogP contribution is 2.43. The lowest BCUT2D eigenvalue weighted by Gasteiger charge is -2.14. The number of hydrogen-bond donors (Lipinski definition) is 0. The molecule has 0 aliphatic carbocycles. The summed E-state index contributed by atoms with van der Waals surface area (Å²) in [5.74, 6) is 0. The Bertz CT molecular complexity index is 3200. The second-order valence-corrected chi connectivity index (χ2v) is 13.8. The molecular weight excluding hydrogens is 657 g/mol. The lowest BCUT2D eigenvalue weighted by molar-refractivity contribution is 1.17. The molecule has 3 aromatic heterocycles. The molecule has 0 saturated heterocycles. The van der Waals surface area contributed by atoms with Gasteiger partial charge in [-0.15, -0.1) is 0 Å². The Balaban J connectivity index is 1.15. The van der Waals surface area contributed by atoms with Gasteiger partial charge in [0, 0.05) is 49.6 Å². The maximum atomic E-state index is 5.41. The van der Waals surface area contributed by atoms with E-state index in [1.54, 1.807) is 0 Å². The van der Waals surface area contributed by atoms with Gasteiger partial charge >= 0.3 is 0 Å². The first-order valence-electron chi connectivity index (χ1n) is 18.3. The zero-order chi connectivity index (χ0) is 35.6. The Labute approximate surface area is 311 Å². The van der Waals surface area contributed by atoms with Gasteiger partial charge in [0.2, 0.25) is 0 Å². The normalized spacial score (nSPS) is 11.7. The predicted octanol–water partition coefficient (Wildman–Crippen LogP) is 12.8. The molecule has 4 heteroatoms. The van der Waals surface area contributed by atoms with E-state index in [1.807, 2.05) is 12.1 Å². The van der Waals surface area contributed by atoms with Crippen LogP contribution in [0.5, 0.6) is 0 Å². The molecule has 0 fully saturated rings. The Morgan fingerprint density at radius 2 is 0.815 bits per heavy atom. The van der Waals surface area contributed by atoms with Crippen molar-refractivity contribution in [3.8, 4) is 45.0 Å².